The normalized spacial score (nSPS) is 9.67. The predicted octanol–water partition coefficient (Wildman–Crippen LogP) is 1.90. The molecule has 5 nitrogen and oxygen atoms in total. The van der Waals surface area contributed by atoms with Gasteiger partial charge in [-0.3, -0.25) is 4.79 Å². The van der Waals surface area contributed by atoms with E-state index in [-0.39, 0.29) is 18.2 Å². The van der Waals surface area contributed by atoms with Crippen LogP contribution in [0.2, 0.25) is 0 Å². The number of amides is 2. The number of nitrogens with zero attached hydrogens (tertiary/aromatic N) is 1. The summed E-state index contributed by atoms with van der Waals surface area (Å²) < 4.78 is 0. The number of nitrogens with one attached hydrogen (secondary N) is 2. The predicted molar refractivity (Wildman–Crippen MR) is 68.0 cm³/mol. The second kappa shape index (κ2) is 6.40. The molecule has 0 saturated heterocycles. The van der Waals surface area contributed by atoms with Crippen molar-refractivity contribution in [3.63, 3.8) is 0 Å². The Kier molecular flexibility index (Phi) is 4.88. The Morgan fingerprint density at radius 3 is 2.39 bits per heavy atom. The maximum atomic E-state index is 11.5. The van der Waals surface area contributed by atoms with Gasteiger partial charge < -0.3 is 10.6 Å². The van der Waals surface area contributed by atoms with E-state index in [0.717, 1.165) is 0 Å². The summed E-state index contributed by atoms with van der Waals surface area (Å²) in [6, 6.07) is 8.02. The number of nitriles is 1. The van der Waals surface area contributed by atoms with Crippen LogP contribution in [0.5, 0.6) is 0 Å². The number of anilines is 1. The van der Waals surface area contributed by atoms with Crippen molar-refractivity contribution in [2.45, 2.75) is 13.8 Å². The van der Waals surface area contributed by atoms with Gasteiger partial charge in [0.15, 0.2) is 5.78 Å². The van der Waals surface area contributed by atoms with Gasteiger partial charge in [-0.25, -0.2) is 4.79 Å². The third kappa shape index (κ3) is 4.26. The fourth-order valence-electron chi connectivity index (χ4n) is 1.17. The van der Waals surface area contributed by atoms with Gasteiger partial charge in [0, 0.05) is 11.6 Å². The van der Waals surface area contributed by atoms with Gasteiger partial charge in [0.2, 0.25) is 0 Å². The van der Waals surface area contributed by atoms with E-state index < -0.39 is 6.03 Å². The van der Waals surface area contributed by atoms with Crippen LogP contribution in [-0.2, 0) is 4.79 Å². The number of hydrogen-bond acceptors (Lipinski definition) is 3. The van der Waals surface area contributed by atoms with Crippen LogP contribution >= 0.6 is 0 Å². The van der Waals surface area contributed by atoms with Gasteiger partial charge in [0.25, 0.3) is 0 Å². The third-order valence-corrected chi connectivity index (χ3v) is 2.34. The van der Waals surface area contributed by atoms with Crippen molar-refractivity contribution >= 4 is 17.5 Å². The van der Waals surface area contributed by atoms with Crippen LogP contribution in [0.25, 0.3) is 0 Å². The van der Waals surface area contributed by atoms with Gasteiger partial charge in [-0.15, -0.1) is 0 Å². The minimum Gasteiger partial charge on any atom is -0.331 e. The highest BCUT2D eigenvalue weighted by Crippen LogP contribution is 2.08. The summed E-state index contributed by atoms with van der Waals surface area (Å²) in [5.74, 6) is -0.120. The number of urea groups is 1. The molecule has 2 amide bonds. The van der Waals surface area contributed by atoms with E-state index >= 15 is 0 Å². The Hall–Kier alpha value is -2.35. The Morgan fingerprint density at radius 1 is 1.28 bits per heavy atom. The summed E-state index contributed by atoms with van der Waals surface area (Å²) in [6.45, 7) is 3.57. The Balaban J connectivity index is 2.45. The molecule has 0 radical (unpaired) electrons. The molecule has 0 fully saturated rings. The Labute approximate surface area is 106 Å². The molecule has 0 aromatic heterocycles. The topological polar surface area (TPSA) is 82.0 Å². The molecule has 0 aliphatic heterocycles. The zero-order valence-electron chi connectivity index (χ0n) is 10.4. The van der Waals surface area contributed by atoms with Crippen LogP contribution in [0.4, 0.5) is 10.5 Å². The second-order valence-electron chi connectivity index (χ2n) is 4.12. The van der Waals surface area contributed by atoms with Crippen molar-refractivity contribution in [1.82, 2.24) is 5.32 Å². The van der Waals surface area contributed by atoms with E-state index in [1.165, 1.54) is 0 Å². The molecule has 94 valence electrons. The van der Waals surface area contributed by atoms with Gasteiger partial charge in [-0.1, -0.05) is 13.8 Å². The molecule has 0 heterocycles. The number of benzene rings is 1. The lowest BCUT2D eigenvalue weighted by Crippen LogP contribution is -2.34. The molecule has 0 aliphatic carbocycles. The van der Waals surface area contributed by atoms with Crippen molar-refractivity contribution < 1.29 is 9.59 Å². The lowest BCUT2D eigenvalue weighted by molar-refractivity contribution is -0.120. The number of carbonyl (C=O) groups excluding carboxylic acids is 2. The summed E-state index contributed by atoms with van der Waals surface area (Å²) >= 11 is 0. The van der Waals surface area contributed by atoms with E-state index in [1.807, 2.05) is 6.07 Å². The minimum atomic E-state index is -0.436. The summed E-state index contributed by atoms with van der Waals surface area (Å²) in [4.78, 5) is 22.8. The highest BCUT2D eigenvalue weighted by atomic mass is 16.2. The first-order chi connectivity index (χ1) is 8.52. The van der Waals surface area contributed by atoms with Crippen molar-refractivity contribution in [3.05, 3.63) is 29.8 Å². The average molecular weight is 245 g/mol. The molecule has 0 aliphatic rings. The molecule has 18 heavy (non-hydrogen) atoms. The fourth-order valence-corrected chi connectivity index (χ4v) is 1.17. The van der Waals surface area contributed by atoms with Crippen molar-refractivity contribution in [3.8, 4) is 6.07 Å². The molecule has 1 aromatic carbocycles. The molecule has 0 bridgehead atoms. The van der Waals surface area contributed by atoms with Crippen molar-refractivity contribution in [1.29, 1.82) is 5.26 Å². The SMILES string of the molecule is CC(C)C(=O)CNC(=O)Nc1ccc(C#N)cc1. The van der Waals surface area contributed by atoms with Crippen LogP contribution in [0.3, 0.4) is 0 Å². The minimum absolute atomic E-state index is 0.0137. The number of Topliss-reactive ketones (excluding diaryl/α,β-unsaturated/α-hetero) is 1. The van der Waals surface area contributed by atoms with Crippen LogP contribution in [0.1, 0.15) is 19.4 Å². The Morgan fingerprint density at radius 2 is 1.89 bits per heavy atom. The maximum absolute atomic E-state index is 11.5. The van der Waals surface area contributed by atoms with E-state index in [4.69, 9.17) is 5.26 Å². The molecule has 5 heteroatoms. The van der Waals surface area contributed by atoms with Gasteiger partial charge in [0.05, 0.1) is 18.2 Å². The Bertz CT molecular complexity index is 472. The second-order valence-corrected chi connectivity index (χ2v) is 4.12. The smallest absolute Gasteiger partial charge is 0.319 e. The highest BCUT2D eigenvalue weighted by Gasteiger charge is 2.08. The lowest BCUT2D eigenvalue weighted by atomic mass is 10.1. The van der Waals surface area contributed by atoms with E-state index in [2.05, 4.69) is 10.6 Å². The standard InChI is InChI=1S/C13H15N3O2/c1-9(2)12(17)8-15-13(18)16-11-5-3-10(7-14)4-6-11/h3-6,9H,8H2,1-2H3,(H2,15,16,18). The van der Waals surface area contributed by atoms with Gasteiger partial charge >= 0.3 is 6.03 Å². The first-order valence-electron chi connectivity index (χ1n) is 5.60. The first-order valence-corrected chi connectivity index (χ1v) is 5.60. The molecular formula is C13H15N3O2. The van der Waals surface area contributed by atoms with Gasteiger partial charge in [0.1, 0.15) is 0 Å². The van der Waals surface area contributed by atoms with E-state index in [1.54, 1.807) is 38.1 Å². The molecule has 0 saturated carbocycles. The number of carbonyl (C=O) groups is 2. The van der Waals surface area contributed by atoms with Crippen LogP contribution in [0, 0.1) is 17.2 Å². The number of ketones is 1. The summed E-state index contributed by atoms with van der Waals surface area (Å²) in [6.07, 6.45) is 0. The largest absolute Gasteiger partial charge is 0.331 e. The number of hydrogen-bond donors (Lipinski definition) is 2. The lowest BCUT2D eigenvalue weighted by Gasteiger charge is -2.08. The quantitative estimate of drug-likeness (QED) is 0.850. The maximum Gasteiger partial charge on any atom is 0.319 e. The molecule has 1 rings (SSSR count). The van der Waals surface area contributed by atoms with Crippen molar-refractivity contribution in [2.75, 3.05) is 11.9 Å². The summed E-state index contributed by atoms with van der Waals surface area (Å²) in [5.41, 5.74) is 1.10. The zero-order valence-corrected chi connectivity index (χ0v) is 10.4. The van der Waals surface area contributed by atoms with E-state index in [9.17, 15) is 9.59 Å². The molecule has 0 spiro atoms. The van der Waals surface area contributed by atoms with Gasteiger partial charge in [-0.05, 0) is 24.3 Å². The van der Waals surface area contributed by atoms with Crippen molar-refractivity contribution in [2.24, 2.45) is 5.92 Å². The summed E-state index contributed by atoms with van der Waals surface area (Å²) in [7, 11) is 0. The molecule has 2 N–H and O–H groups in total. The van der Waals surface area contributed by atoms with Crippen LogP contribution in [-0.4, -0.2) is 18.4 Å². The monoisotopic (exact) mass is 245 g/mol. The highest BCUT2D eigenvalue weighted by molar-refractivity contribution is 5.93. The molecule has 0 atom stereocenters. The summed E-state index contributed by atoms with van der Waals surface area (Å²) in [5, 5.41) is 13.7. The number of rotatable bonds is 4. The molecule has 1 aromatic rings. The molecular weight excluding hydrogens is 230 g/mol. The third-order valence-electron chi connectivity index (χ3n) is 2.34. The fraction of sp³-hybridized carbons (Fsp3) is 0.308. The average Bonchev–Trinajstić information content (AvgIpc) is 2.36. The van der Waals surface area contributed by atoms with E-state index in [0.29, 0.717) is 11.3 Å². The van der Waals surface area contributed by atoms with Crippen LogP contribution in [0.15, 0.2) is 24.3 Å². The van der Waals surface area contributed by atoms with Gasteiger partial charge in [-0.2, -0.15) is 5.26 Å². The van der Waals surface area contributed by atoms with Crippen LogP contribution < -0.4 is 10.6 Å². The first kappa shape index (κ1) is 13.7. The molecule has 0 unspecified atom stereocenters. The zero-order chi connectivity index (χ0) is 13.5.